The van der Waals surface area contributed by atoms with Crippen LogP contribution in [0.15, 0.2) is 30.6 Å². The molecule has 1 aromatic heterocycles. The first-order valence-electron chi connectivity index (χ1n) is 10.9. The Morgan fingerprint density at radius 2 is 1.94 bits per heavy atom. The molecule has 0 radical (unpaired) electrons. The van der Waals surface area contributed by atoms with E-state index in [1.807, 2.05) is 24.3 Å². The van der Waals surface area contributed by atoms with Crippen LogP contribution in [0.3, 0.4) is 0 Å². The van der Waals surface area contributed by atoms with E-state index in [1.54, 1.807) is 11.2 Å². The molecule has 2 saturated heterocycles. The number of rotatable bonds is 5. The van der Waals surface area contributed by atoms with Gasteiger partial charge in [0, 0.05) is 57.3 Å². The number of carbonyl (C=O) groups is 3. The number of benzene rings is 1. The number of anilines is 2. The fourth-order valence-corrected chi connectivity index (χ4v) is 4.44. The van der Waals surface area contributed by atoms with Crippen molar-refractivity contribution >= 4 is 29.4 Å². The maximum atomic E-state index is 12.8. The summed E-state index contributed by atoms with van der Waals surface area (Å²) in [5.74, 6) is 0.811. The summed E-state index contributed by atoms with van der Waals surface area (Å²) in [6, 6.07) is 7.07. The van der Waals surface area contributed by atoms with Crippen LogP contribution in [0.4, 0.5) is 11.6 Å². The number of imide groups is 1. The second-order valence-electron chi connectivity index (χ2n) is 8.24. The number of carbonyl (C=O) groups excluding carboxylic acids is 3. The minimum absolute atomic E-state index is 0.162. The second kappa shape index (κ2) is 8.54. The van der Waals surface area contributed by atoms with E-state index < -0.39 is 11.9 Å². The van der Waals surface area contributed by atoms with E-state index in [0.717, 1.165) is 48.9 Å². The third-order valence-corrected chi connectivity index (χ3v) is 6.16. The quantitative estimate of drug-likeness (QED) is 0.572. The molecule has 1 atom stereocenters. The molecule has 166 valence electrons. The summed E-state index contributed by atoms with van der Waals surface area (Å²) in [4.78, 5) is 48.9. The summed E-state index contributed by atoms with van der Waals surface area (Å²) in [5, 5.41) is 9.00. The molecule has 3 aliphatic rings. The monoisotopic (exact) mass is 435 g/mol. The topological polar surface area (TPSA) is 120 Å². The molecule has 32 heavy (non-hydrogen) atoms. The van der Waals surface area contributed by atoms with E-state index in [-0.39, 0.29) is 18.2 Å². The molecule has 1 aromatic carbocycles. The van der Waals surface area contributed by atoms with Crippen LogP contribution in [0.1, 0.15) is 34.3 Å². The Labute approximate surface area is 185 Å². The van der Waals surface area contributed by atoms with Crippen molar-refractivity contribution in [2.24, 2.45) is 0 Å². The predicted octanol–water partition coefficient (Wildman–Crippen LogP) is 0.259. The van der Waals surface area contributed by atoms with Crippen LogP contribution in [0.25, 0.3) is 0 Å². The fraction of sp³-hybridized carbons (Fsp3) is 0.409. The van der Waals surface area contributed by atoms with E-state index in [4.69, 9.17) is 0 Å². The molecule has 3 N–H and O–H groups in total. The number of aromatic nitrogens is 2. The van der Waals surface area contributed by atoms with Gasteiger partial charge in [0.15, 0.2) is 0 Å². The summed E-state index contributed by atoms with van der Waals surface area (Å²) in [6.45, 7) is 4.64. The number of fused-ring (bicyclic) bond motifs is 1. The SMILES string of the molecule is O=C1CCC(N2Cc3cc(CNc4cc(N5CCNCC5)ncn4)ccc3C2=O)C(=O)N1. The summed E-state index contributed by atoms with van der Waals surface area (Å²) in [5.41, 5.74) is 2.52. The molecule has 10 heteroatoms. The number of amides is 3. The van der Waals surface area contributed by atoms with Crippen molar-refractivity contribution in [2.75, 3.05) is 36.4 Å². The Balaban J connectivity index is 1.25. The van der Waals surface area contributed by atoms with Crippen molar-refractivity contribution in [2.45, 2.75) is 32.0 Å². The van der Waals surface area contributed by atoms with Crippen molar-refractivity contribution in [1.82, 2.24) is 25.5 Å². The molecule has 3 aliphatic heterocycles. The summed E-state index contributed by atoms with van der Waals surface area (Å²) >= 11 is 0. The average Bonchev–Trinajstić information content (AvgIpc) is 3.14. The zero-order valence-corrected chi connectivity index (χ0v) is 17.6. The van der Waals surface area contributed by atoms with E-state index in [1.165, 1.54) is 0 Å². The Morgan fingerprint density at radius 3 is 2.75 bits per heavy atom. The lowest BCUT2D eigenvalue weighted by atomic mass is 10.0. The maximum Gasteiger partial charge on any atom is 0.255 e. The molecule has 0 aliphatic carbocycles. The number of piperazine rings is 1. The Kier molecular flexibility index (Phi) is 5.44. The summed E-state index contributed by atoms with van der Waals surface area (Å²) in [6.07, 6.45) is 2.18. The minimum Gasteiger partial charge on any atom is -0.366 e. The van der Waals surface area contributed by atoms with Gasteiger partial charge in [-0.2, -0.15) is 0 Å². The standard InChI is InChI=1S/C22H25N7O3/c30-20-4-3-17(21(31)27-20)29-12-15-9-14(1-2-16(15)22(29)32)11-24-18-10-19(26-13-25-18)28-7-5-23-6-8-28/h1-2,9-10,13,17,23H,3-8,11-12H2,(H,24,25,26)(H,27,30,31). The highest BCUT2D eigenvalue weighted by Gasteiger charge is 2.39. The van der Waals surface area contributed by atoms with E-state index >= 15 is 0 Å². The smallest absolute Gasteiger partial charge is 0.255 e. The number of piperidine rings is 1. The molecule has 0 spiro atoms. The predicted molar refractivity (Wildman–Crippen MR) is 117 cm³/mol. The molecule has 3 amide bonds. The number of hydrogen-bond acceptors (Lipinski definition) is 8. The van der Waals surface area contributed by atoms with Gasteiger partial charge < -0.3 is 20.4 Å². The van der Waals surface area contributed by atoms with Crippen LogP contribution in [0.5, 0.6) is 0 Å². The van der Waals surface area contributed by atoms with Crippen molar-refractivity contribution in [3.63, 3.8) is 0 Å². The van der Waals surface area contributed by atoms with Gasteiger partial charge in [0.25, 0.3) is 5.91 Å². The Morgan fingerprint density at radius 1 is 1.09 bits per heavy atom. The van der Waals surface area contributed by atoms with Gasteiger partial charge in [0.2, 0.25) is 11.8 Å². The lowest BCUT2D eigenvalue weighted by Crippen LogP contribution is -2.52. The molecular formula is C22H25N7O3. The van der Waals surface area contributed by atoms with Gasteiger partial charge in [-0.15, -0.1) is 0 Å². The molecule has 2 fully saturated rings. The third kappa shape index (κ3) is 4.01. The van der Waals surface area contributed by atoms with Crippen molar-refractivity contribution in [1.29, 1.82) is 0 Å². The second-order valence-corrected chi connectivity index (χ2v) is 8.24. The normalized spacial score (nSPS) is 20.9. The number of hydrogen-bond donors (Lipinski definition) is 3. The average molecular weight is 435 g/mol. The van der Waals surface area contributed by atoms with E-state index in [2.05, 4.69) is 30.8 Å². The minimum atomic E-state index is -0.599. The Bertz CT molecular complexity index is 1070. The molecule has 5 rings (SSSR count). The molecule has 0 saturated carbocycles. The van der Waals surface area contributed by atoms with Crippen LogP contribution in [0.2, 0.25) is 0 Å². The number of nitrogens with zero attached hydrogens (tertiary/aromatic N) is 4. The van der Waals surface area contributed by atoms with E-state index in [0.29, 0.717) is 25.1 Å². The van der Waals surface area contributed by atoms with Crippen LogP contribution >= 0.6 is 0 Å². The maximum absolute atomic E-state index is 12.8. The molecule has 1 unspecified atom stereocenters. The van der Waals surface area contributed by atoms with Crippen molar-refractivity contribution in [3.8, 4) is 0 Å². The third-order valence-electron chi connectivity index (χ3n) is 6.16. The molecule has 2 aromatic rings. The van der Waals surface area contributed by atoms with Gasteiger partial charge in [-0.05, 0) is 23.6 Å². The van der Waals surface area contributed by atoms with Crippen LogP contribution in [-0.4, -0.2) is 64.8 Å². The first-order valence-corrected chi connectivity index (χ1v) is 10.9. The Hall–Kier alpha value is -3.53. The first kappa shape index (κ1) is 20.4. The van der Waals surface area contributed by atoms with Gasteiger partial charge in [-0.3, -0.25) is 19.7 Å². The first-order chi connectivity index (χ1) is 15.6. The largest absolute Gasteiger partial charge is 0.366 e. The zero-order chi connectivity index (χ0) is 22.1. The van der Waals surface area contributed by atoms with Crippen LogP contribution < -0.4 is 20.9 Å². The zero-order valence-electron chi connectivity index (χ0n) is 17.6. The van der Waals surface area contributed by atoms with Gasteiger partial charge >= 0.3 is 0 Å². The molecule has 4 heterocycles. The highest BCUT2D eigenvalue weighted by molar-refractivity contribution is 6.05. The highest BCUT2D eigenvalue weighted by Crippen LogP contribution is 2.28. The number of nitrogens with one attached hydrogen (secondary N) is 3. The molecule has 10 nitrogen and oxygen atoms in total. The molecule has 0 bridgehead atoms. The van der Waals surface area contributed by atoms with Gasteiger partial charge in [-0.25, -0.2) is 9.97 Å². The summed E-state index contributed by atoms with van der Waals surface area (Å²) in [7, 11) is 0. The summed E-state index contributed by atoms with van der Waals surface area (Å²) < 4.78 is 0. The van der Waals surface area contributed by atoms with E-state index in [9.17, 15) is 14.4 Å². The van der Waals surface area contributed by atoms with Gasteiger partial charge in [0.1, 0.15) is 24.0 Å². The van der Waals surface area contributed by atoms with Gasteiger partial charge in [0.05, 0.1) is 0 Å². The molecular weight excluding hydrogens is 410 g/mol. The highest BCUT2D eigenvalue weighted by atomic mass is 16.2. The van der Waals surface area contributed by atoms with Crippen molar-refractivity contribution in [3.05, 3.63) is 47.3 Å². The lowest BCUT2D eigenvalue weighted by molar-refractivity contribution is -0.136. The lowest BCUT2D eigenvalue weighted by Gasteiger charge is -2.29. The van der Waals surface area contributed by atoms with Crippen LogP contribution in [0, 0.1) is 0 Å². The van der Waals surface area contributed by atoms with Crippen LogP contribution in [-0.2, 0) is 22.7 Å². The fourth-order valence-electron chi connectivity index (χ4n) is 4.44. The van der Waals surface area contributed by atoms with Gasteiger partial charge in [-0.1, -0.05) is 12.1 Å². The van der Waals surface area contributed by atoms with Crippen molar-refractivity contribution < 1.29 is 14.4 Å².